The summed E-state index contributed by atoms with van der Waals surface area (Å²) in [6.45, 7) is 3.45. The van der Waals surface area contributed by atoms with Crippen molar-refractivity contribution in [2.75, 3.05) is 11.9 Å². The molecule has 2 rings (SSSR count). The number of thiazole rings is 1. The maximum Gasteiger partial charge on any atom is 0.347 e. The molecule has 0 saturated carbocycles. The lowest BCUT2D eigenvalue weighted by molar-refractivity contribution is 0.0701. The summed E-state index contributed by atoms with van der Waals surface area (Å²) in [6, 6.07) is 0. The Morgan fingerprint density at radius 2 is 2.37 bits per heavy atom. The van der Waals surface area contributed by atoms with Gasteiger partial charge in [0.15, 0.2) is 5.13 Å². The van der Waals surface area contributed by atoms with Crippen LogP contribution in [0.25, 0.3) is 0 Å². The molecule has 0 aliphatic rings. The van der Waals surface area contributed by atoms with Crippen LogP contribution in [0.5, 0.6) is 0 Å². The Labute approximate surface area is 115 Å². The monoisotopic (exact) mass is 280 g/mol. The van der Waals surface area contributed by atoms with Crippen molar-refractivity contribution in [3.8, 4) is 0 Å². The van der Waals surface area contributed by atoms with E-state index in [4.69, 9.17) is 5.11 Å². The normalized spacial score (nSPS) is 10.6. The molecular formula is C12H16N4O2S. The van der Waals surface area contributed by atoms with E-state index in [9.17, 15) is 4.79 Å². The third kappa shape index (κ3) is 3.78. The lowest BCUT2D eigenvalue weighted by Gasteiger charge is -2.03. The maximum absolute atomic E-state index is 10.9. The molecule has 2 heterocycles. The average Bonchev–Trinajstić information content (AvgIpc) is 2.98. The van der Waals surface area contributed by atoms with E-state index in [2.05, 4.69) is 15.3 Å². The van der Waals surface area contributed by atoms with Gasteiger partial charge in [0.05, 0.1) is 12.0 Å². The topological polar surface area (TPSA) is 80.0 Å². The van der Waals surface area contributed by atoms with Gasteiger partial charge in [-0.25, -0.2) is 14.8 Å². The van der Waals surface area contributed by atoms with Crippen LogP contribution in [0.3, 0.4) is 0 Å². The second kappa shape index (κ2) is 6.33. The van der Waals surface area contributed by atoms with Crippen LogP contribution >= 0.6 is 11.3 Å². The number of aromatic nitrogens is 3. The van der Waals surface area contributed by atoms with Gasteiger partial charge in [-0.3, -0.25) is 0 Å². The Kier molecular flexibility index (Phi) is 4.51. The van der Waals surface area contributed by atoms with E-state index in [0.29, 0.717) is 15.7 Å². The van der Waals surface area contributed by atoms with Crippen molar-refractivity contribution in [1.29, 1.82) is 0 Å². The van der Waals surface area contributed by atoms with Gasteiger partial charge in [0.2, 0.25) is 0 Å². The van der Waals surface area contributed by atoms with E-state index >= 15 is 0 Å². The van der Waals surface area contributed by atoms with E-state index in [-0.39, 0.29) is 0 Å². The van der Waals surface area contributed by atoms with Crippen molar-refractivity contribution in [2.24, 2.45) is 0 Å². The standard InChI is InChI=1S/C12H16N4O2S/c1-9-10(11(17)18)19-12(15-9)14-4-2-3-6-16-7-5-13-8-16/h5,7-8H,2-4,6H2,1H3,(H,14,15)(H,17,18). The molecule has 0 aromatic carbocycles. The van der Waals surface area contributed by atoms with Crippen molar-refractivity contribution < 1.29 is 9.90 Å². The van der Waals surface area contributed by atoms with Gasteiger partial charge in [-0.1, -0.05) is 11.3 Å². The van der Waals surface area contributed by atoms with Crippen LogP contribution in [0.4, 0.5) is 5.13 Å². The highest BCUT2D eigenvalue weighted by Crippen LogP contribution is 2.22. The largest absolute Gasteiger partial charge is 0.477 e. The first-order chi connectivity index (χ1) is 9.16. The second-order valence-electron chi connectivity index (χ2n) is 4.17. The lowest BCUT2D eigenvalue weighted by atomic mass is 10.3. The number of aryl methyl sites for hydroxylation is 2. The molecule has 0 radical (unpaired) electrons. The molecule has 0 bridgehead atoms. The fourth-order valence-electron chi connectivity index (χ4n) is 1.70. The van der Waals surface area contributed by atoms with E-state index < -0.39 is 5.97 Å². The molecule has 102 valence electrons. The Morgan fingerprint density at radius 1 is 1.53 bits per heavy atom. The second-order valence-corrected chi connectivity index (χ2v) is 5.17. The number of carboxylic acid groups (broad SMARTS) is 1. The maximum atomic E-state index is 10.9. The Hall–Kier alpha value is -1.89. The van der Waals surface area contributed by atoms with Crippen LogP contribution in [-0.4, -0.2) is 32.2 Å². The van der Waals surface area contributed by atoms with Crippen LogP contribution < -0.4 is 5.32 Å². The minimum absolute atomic E-state index is 0.306. The molecule has 0 saturated heterocycles. The van der Waals surface area contributed by atoms with Gasteiger partial charge >= 0.3 is 5.97 Å². The van der Waals surface area contributed by atoms with Crippen LogP contribution in [0.2, 0.25) is 0 Å². The predicted octanol–water partition coefficient (Wildman–Crippen LogP) is 2.24. The zero-order chi connectivity index (χ0) is 13.7. The smallest absolute Gasteiger partial charge is 0.347 e. The van der Waals surface area contributed by atoms with E-state index in [0.717, 1.165) is 25.9 Å². The van der Waals surface area contributed by atoms with Crippen LogP contribution in [-0.2, 0) is 6.54 Å². The number of carbonyl (C=O) groups is 1. The molecule has 0 aliphatic heterocycles. The molecule has 2 aromatic rings. The molecule has 2 N–H and O–H groups in total. The number of unbranched alkanes of at least 4 members (excludes halogenated alkanes) is 1. The third-order valence-electron chi connectivity index (χ3n) is 2.67. The number of imidazole rings is 1. The molecule has 0 atom stereocenters. The zero-order valence-corrected chi connectivity index (χ0v) is 11.5. The van der Waals surface area contributed by atoms with Crippen molar-refractivity contribution in [3.63, 3.8) is 0 Å². The number of rotatable bonds is 7. The average molecular weight is 280 g/mol. The molecule has 0 fully saturated rings. The molecule has 19 heavy (non-hydrogen) atoms. The number of hydrogen-bond acceptors (Lipinski definition) is 5. The minimum Gasteiger partial charge on any atom is -0.477 e. The van der Waals surface area contributed by atoms with Gasteiger partial charge in [-0.2, -0.15) is 0 Å². The highest BCUT2D eigenvalue weighted by atomic mass is 32.1. The van der Waals surface area contributed by atoms with Gasteiger partial charge in [0.1, 0.15) is 4.88 Å². The Bertz CT molecular complexity index is 536. The number of hydrogen-bond donors (Lipinski definition) is 2. The molecule has 0 spiro atoms. The first-order valence-corrected chi connectivity index (χ1v) is 6.89. The fraction of sp³-hybridized carbons (Fsp3) is 0.417. The Balaban J connectivity index is 1.71. The SMILES string of the molecule is Cc1nc(NCCCCn2ccnc2)sc1C(=O)O. The summed E-state index contributed by atoms with van der Waals surface area (Å²) in [5.41, 5.74) is 0.568. The van der Waals surface area contributed by atoms with Crippen LogP contribution in [0.1, 0.15) is 28.2 Å². The van der Waals surface area contributed by atoms with Gasteiger partial charge in [0.25, 0.3) is 0 Å². The highest BCUT2D eigenvalue weighted by molar-refractivity contribution is 7.17. The van der Waals surface area contributed by atoms with Gasteiger partial charge in [-0.15, -0.1) is 0 Å². The van der Waals surface area contributed by atoms with Gasteiger partial charge in [0, 0.05) is 25.5 Å². The summed E-state index contributed by atoms with van der Waals surface area (Å²) < 4.78 is 2.04. The van der Waals surface area contributed by atoms with Crippen molar-refractivity contribution in [3.05, 3.63) is 29.3 Å². The van der Waals surface area contributed by atoms with Crippen LogP contribution in [0.15, 0.2) is 18.7 Å². The number of carboxylic acids is 1. The quantitative estimate of drug-likeness (QED) is 0.760. The molecule has 0 unspecified atom stereocenters. The first kappa shape index (κ1) is 13.5. The number of aromatic carboxylic acids is 1. The van der Waals surface area contributed by atoms with Crippen molar-refractivity contribution >= 4 is 22.4 Å². The molecule has 2 aromatic heterocycles. The predicted molar refractivity (Wildman–Crippen MR) is 73.8 cm³/mol. The number of nitrogens with zero attached hydrogens (tertiary/aromatic N) is 3. The summed E-state index contributed by atoms with van der Waals surface area (Å²) in [5.74, 6) is -0.914. The van der Waals surface area contributed by atoms with Crippen molar-refractivity contribution in [1.82, 2.24) is 14.5 Å². The third-order valence-corrected chi connectivity index (χ3v) is 3.77. The zero-order valence-electron chi connectivity index (χ0n) is 10.7. The summed E-state index contributed by atoms with van der Waals surface area (Å²) >= 11 is 1.19. The van der Waals surface area contributed by atoms with Gasteiger partial charge < -0.3 is 15.0 Å². The molecule has 0 amide bonds. The first-order valence-electron chi connectivity index (χ1n) is 6.07. The summed E-state index contributed by atoms with van der Waals surface area (Å²) in [4.78, 5) is 19.4. The number of anilines is 1. The number of nitrogens with one attached hydrogen (secondary N) is 1. The fourth-order valence-corrected chi connectivity index (χ4v) is 2.53. The van der Waals surface area contributed by atoms with Crippen LogP contribution in [0, 0.1) is 6.92 Å². The van der Waals surface area contributed by atoms with Crippen molar-refractivity contribution in [2.45, 2.75) is 26.3 Å². The molecule has 6 nitrogen and oxygen atoms in total. The lowest BCUT2D eigenvalue weighted by Crippen LogP contribution is -2.03. The summed E-state index contributed by atoms with van der Waals surface area (Å²) in [6.07, 6.45) is 7.55. The highest BCUT2D eigenvalue weighted by Gasteiger charge is 2.13. The van der Waals surface area contributed by atoms with E-state index in [1.54, 1.807) is 19.4 Å². The summed E-state index contributed by atoms with van der Waals surface area (Å²) in [7, 11) is 0. The van der Waals surface area contributed by atoms with E-state index in [1.165, 1.54) is 11.3 Å². The Morgan fingerprint density at radius 3 is 3.00 bits per heavy atom. The summed E-state index contributed by atoms with van der Waals surface area (Å²) in [5, 5.41) is 12.8. The van der Waals surface area contributed by atoms with Gasteiger partial charge in [-0.05, 0) is 19.8 Å². The minimum atomic E-state index is -0.914. The van der Waals surface area contributed by atoms with E-state index in [1.807, 2.05) is 10.8 Å². The molecular weight excluding hydrogens is 264 g/mol. The molecule has 7 heteroatoms. The molecule has 0 aliphatic carbocycles.